The van der Waals surface area contributed by atoms with Crippen molar-refractivity contribution in [1.29, 1.82) is 0 Å². The summed E-state index contributed by atoms with van der Waals surface area (Å²) in [5.74, 6) is -18.0. The van der Waals surface area contributed by atoms with Crippen molar-refractivity contribution in [3.05, 3.63) is 34.6 Å². The molecule has 1 aromatic carbocycles. The van der Waals surface area contributed by atoms with E-state index in [1.54, 1.807) is 0 Å². The number of halogens is 12. The quantitative estimate of drug-likeness (QED) is 0.444. The summed E-state index contributed by atoms with van der Waals surface area (Å²) in [5, 5.41) is -7.16. The minimum Gasteiger partial charge on any atom is -0.268 e. The number of hydrogen-bond donors (Lipinski definition) is 1. The molecule has 0 aliphatic heterocycles. The minimum atomic E-state index is -7.54. The van der Waals surface area contributed by atoms with E-state index in [9.17, 15) is 65.9 Å². The molecule has 0 saturated carbocycles. The van der Waals surface area contributed by atoms with Crippen molar-refractivity contribution in [2.45, 2.75) is 17.4 Å². The number of amides is 1. The van der Waals surface area contributed by atoms with Gasteiger partial charge in [-0.2, -0.15) is 26.3 Å². The normalized spacial score (nSPS) is 13.6. The Kier molecular flexibility index (Phi) is 5.46. The topological polar surface area (TPSA) is 63.2 Å². The van der Waals surface area contributed by atoms with E-state index in [2.05, 4.69) is 0 Å². The zero-order valence-corrected chi connectivity index (χ0v) is 12.5. The van der Waals surface area contributed by atoms with E-state index < -0.39 is 67.9 Å². The molecule has 0 fully saturated rings. The number of rotatable bonds is 3. The highest BCUT2D eigenvalue weighted by atomic mass is 32.2. The van der Waals surface area contributed by atoms with E-state index in [0.717, 1.165) is 0 Å². The van der Waals surface area contributed by atoms with Crippen LogP contribution in [0.25, 0.3) is 0 Å². The Morgan fingerprint density at radius 1 is 0.667 bits per heavy atom. The van der Waals surface area contributed by atoms with Crippen LogP contribution in [0.2, 0.25) is 0 Å². The van der Waals surface area contributed by atoms with Crippen molar-refractivity contribution >= 4 is 15.9 Å². The van der Waals surface area contributed by atoms with Crippen LogP contribution in [0.4, 0.5) is 52.7 Å². The second-order valence-electron chi connectivity index (χ2n) is 4.47. The average Bonchev–Trinajstić information content (AvgIpc) is 2.47. The molecule has 0 heterocycles. The summed E-state index contributed by atoms with van der Waals surface area (Å²) in [6.45, 7) is 0. The van der Waals surface area contributed by atoms with Gasteiger partial charge in [-0.25, -0.2) is 39.5 Å². The molecule has 0 radical (unpaired) electrons. The molecule has 17 heteroatoms. The van der Waals surface area contributed by atoms with Gasteiger partial charge in [0.25, 0.3) is 15.9 Å². The van der Waals surface area contributed by atoms with Gasteiger partial charge in [0.15, 0.2) is 23.3 Å². The molecule has 1 amide bonds. The first-order chi connectivity index (χ1) is 11.8. The summed E-state index contributed by atoms with van der Waals surface area (Å²) < 4.78 is 175. The molecule has 0 saturated heterocycles. The van der Waals surface area contributed by atoms with Gasteiger partial charge in [0.05, 0.1) is 0 Å². The van der Waals surface area contributed by atoms with Gasteiger partial charge in [-0.1, -0.05) is 0 Å². The average molecular weight is 443 g/mol. The predicted octanol–water partition coefficient (Wildman–Crippen LogP) is 3.23. The lowest BCUT2D eigenvalue weighted by Crippen LogP contribution is -2.62. The maximum atomic E-state index is 13.4. The summed E-state index contributed by atoms with van der Waals surface area (Å²) in [7, 11) is -7.54. The van der Waals surface area contributed by atoms with Crippen LogP contribution in [0.5, 0.6) is 0 Å². The van der Waals surface area contributed by atoms with Crippen molar-refractivity contribution in [3.8, 4) is 0 Å². The van der Waals surface area contributed by atoms with Crippen LogP contribution >= 0.6 is 0 Å². The fraction of sp³-hybridized carbons (Fsp3) is 0.300. The smallest absolute Gasteiger partial charge is 0.268 e. The van der Waals surface area contributed by atoms with Gasteiger partial charge in [0, 0.05) is 0 Å². The van der Waals surface area contributed by atoms with E-state index in [1.807, 2.05) is 0 Å². The number of alkyl halides is 7. The van der Waals surface area contributed by atoms with E-state index in [0.29, 0.717) is 0 Å². The van der Waals surface area contributed by atoms with Crippen molar-refractivity contribution in [1.82, 2.24) is 4.72 Å². The summed E-state index contributed by atoms with van der Waals surface area (Å²) in [5.41, 5.74) is -2.76. The second-order valence-corrected chi connectivity index (χ2v) is 6.24. The van der Waals surface area contributed by atoms with Gasteiger partial charge in [-0.15, -0.1) is 0 Å². The molecule has 0 aromatic heterocycles. The molecule has 27 heavy (non-hydrogen) atoms. The molecule has 0 bridgehead atoms. The summed E-state index contributed by atoms with van der Waals surface area (Å²) in [6.07, 6.45) is -14.5. The number of sulfonamides is 1. The summed E-state index contributed by atoms with van der Waals surface area (Å²) in [4.78, 5) is 11.3. The van der Waals surface area contributed by atoms with Crippen molar-refractivity contribution < 1.29 is 65.9 Å². The molecule has 0 aliphatic rings. The Morgan fingerprint density at radius 3 is 1.26 bits per heavy atom. The third-order valence-corrected chi connectivity index (χ3v) is 4.42. The Hall–Kier alpha value is -2.20. The Morgan fingerprint density at radius 2 is 0.963 bits per heavy atom. The number of hydrogen-bond acceptors (Lipinski definition) is 3. The lowest BCUT2D eigenvalue weighted by atomic mass is 10.1. The predicted molar refractivity (Wildman–Crippen MR) is 58.6 cm³/mol. The van der Waals surface area contributed by atoms with Gasteiger partial charge < -0.3 is 0 Å². The Labute approximate surface area is 139 Å². The molecule has 0 spiro atoms. The third kappa shape index (κ3) is 3.39. The first kappa shape index (κ1) is 22.8. The number of benzene rings is 1. The van der Waals surface area contributed by atoms with Gasteiger partial charge in [0.2, 0.25) is 5.82 Å². The minimum absolute atomic E-state index is 0.336. The Bertz CT molecular complexity index is 845. The van der Waals surface area contributed by atoms with Crippen molar-refractivity contribution in [2.24, 2.45) is 0 Å². The maximum absolute atomic E-state index is 13.4. The van der Waals surface area contributed by atoms with E-state index in [-0.39, 0.29) is 4.72 Å². The van der Waals surface area contributed by atoms with Gasteiger partial charge in [-0.05, 0) is 0 Å². The monoisotopic (exact) mass is 443 g/mol. The standard InChI is InChI=1S/C10HF12NO3S/c11-2-1(3(12)5(14)6(15)4(2)13)7(24)23-27(25,26)8(16,9(17,18)19)10(20,21)22/h(H,23,24). The van der Waals surface area contributed by atoms with E-state index >= 15 is 0 Å². The molecule has 0 unspecified atom stereocenters. The van der Waals surface area contributed by atoms with Crippen LogP contribution in [0.15, 0.2) is 0 Å². The van der Waals surface area contributed by atoms with Gasteiger partial charge in [0.1, 0.15) is 5.56 Å². The Balaban J connectivity index is 3.59. The highest BCUT2D eigenvalue weighted by Crippen LogP contribution is 2.49. The van der Waals surface area contributed by atoms with Crippen molar-refractivity contribution in [3.63, 3.8) is 0 Å². The first-order valence-electron chi connectivity index (χ1n) is 5.71. The summed E-state index contributed by atoms with van der Waals surface area (Å²) in [6, 6.07) is 0. The fourth-order valence-electron chi connectivity index (χ4n) is 1.51. The second kappa shape index (κ2) is 6.45. The molecule has 154 valence electrons. The molecule has 0 aliphatic carbocycles. The molecule has 1 N–H and O–H groups in total. The fourth-order valence-corrected chi connectivity index (χ4v) is 2.61. The highest BCUT2D eigenvalue weighted by Gasteiger charge is 2.81. The molecule has 4 nitrogen and oxygen atoms in total. The van der Waals surface area contributed by atoms with Crippen molar-refractivity contribution in [2.75, 3.05) is 0 Å². The van der Waals surface area contributed by atoms with Gasteiger partial charge in [-0.3, -0.25) is 4.79 Å². The molecule has 1 aromatic rings. The van der Waals surface area contributed by atoms with E-state index in [1.165, 1.54) is 0 Å². The molecular formula is C10HF12NO3S. The number of nitrogens with one attached hydrogen (secondary N) is 1. The van der Waals surface area contributed by atoms with Crippen LogP contribution in [-0.2, 0) is 10.0 Å². The van der Waals surface area contributed by atoms with E-state index in [4.69, 9.17) is 0 Å². The number of carbonyl (C=O) groups excluding carboxylic acids is 1. The maximum Gasteiger partial charge on any atom is 0.448 e. The lowest BCUT2D eigenvalue weighted by Gasteiger charge is -2.29. The van der Waals surface area contributed by atoms with Crippen LogP contribution < -0.4 is 4.72 Å². The largest absolute Gasteiger partial charge is 0.448 e. The third-order valence-electron chi connectivity index (χ3n) is 2.76. The lowest BCUT2D eigenvalue weighted by molar-refractivity contribution is -0.306. The molecule has 1 rings (SSSR count). The van der Waals surface area contributed by atoms with Crippen LogP contribution in [0.3, 0.4) is 0 Å². The van der Waals surface area contributed by atoms with Crippen LogP contribution in [0, 0.1) is 29.1 Å². The van der Waals surface area contributed by atoms with Gasteiger partial charge >= 0.3 is 17.4 Å². The first-order valence-corrected chi connectivity index (χ1v) is 7.20. The van der Waals surface area contributed by atoms with Crippen LogP contribution in [0.1, 0.15) is 10.4 Å². The molecular weight excluding hydrogens is 442 g/mol. The SMILES string of the molecule is O=C(NS(=O)(=O)C(F)(C(F)(F)F)C(F)(F)F)c1c(F)c(F)c(F)c(F)c1F. The summed E-state index contributed by atoms with van der Waals surface area (Å²) >= 11 is 0. The number of carbonyl (C=O) groups is 1. The zero-order chi connectivity index (χ0) is 21.7. The zero-order valence-electron chi connectivity index (χ0n) is 11.7. The van der Waals surface area contributed by atoms with Crippen LogP contribution in [-0.4, -0.2) is 31.7 Å². The highest BCUT2D eigenvalue weighted by molar-refractivity contribution is 7.91. The molecule has 0 atom stereocenters.